The van der Waals surface area contributed by atoms with Crippen LogP contribution in [0.25, 0.3) is 0 Å². The van der Waals surface area contributed by atoms with E-state index in [1.165, 1.54) is 12.1 Å². The van der Waals surface area contributed by atoms with Crippen molar-refractivity contribution >= 4 is 46.2 Å². The molecular formula is C8H3ClINO2. The van der Waals surface area contributed by atoms with Crippen LogP contribution in [0, 0.1) is 3.57 Å². The van der Waals surface area contributed by atoms with Gasteiger partial charge in [0, 0.05) is 9.13 Å². The summed E-state index contributed by atoms with van der Waals surface area (Å²) in [4.78, 5) is 23.8. The second-order valence-corrected chi connectivity index (χ2v) is 3.71. The number of isocyanates is 1. The van der Waals surface area contributed by atoms with Crippen LogP contribution in [0.15, 0.2) is 23.2 Å². The number of hydrogen-bond donors (Lipinski definition) is 0. The fourth-order valence-corrected chi connectivity index (χ4v) is 1.25. The van der Waals surface area contributed by atoms with Gasteiger partial charge < -0.3 is 0 Å². The van der Waals surface area contributed by atoms with Crippen molar-refractivity contribution in [1.29, 1.82) is 0 Å². The highest BCUT2D eigenvalue weighted by Crippen LogP contribution is 2.19. The van der Waals surface area contributed by atoms with E-state index in [-0.39, 0.29) is 5.56 Å². The molecule has 1 aromatic carbocycles. The van der Waals surface area contributed by atoms with Crippen LogP contribution >= 0.6 is 34.2 Å². The van der Waals surface area contributed by atoms with Gasteiger partial charge in [0.05, 0.1) is 5.02 Å². The molecule has 0 spiro atoms. The molecule has 0 aliphatic heterocycles. The Kier molecular flexibility index (Phi) is 3.59. The Morgan fingerprint density at radius 3 is 2.77 bits per heavy atom. The Balaban J connectivity index is 3.10. The molecule has 0 saturated carbocycles. The van der Waals surface area contributed by atoms with Gasteiger partial charge in [0.2, 0.25) is 6.08 Å². The first kappa shape index (κ1) is 10.4. The maximum absolute atomic E-state index is 11.0. The summed E-state index contributed by atoms with van der Waals surface area (Å²) >= 11 is 7.79. The minimum absolute atomic E-state index is 0.286. The molecule has 0 bridgehead atoms. The number of amides is 1. The van der Waals surface area contributed by atoms with Crippen molar-refractivity contribution in [2.45, 2.75) is 0 Å². The minimum atomic E-state index is -0.631. The molecule has 0 fully saturated rings. The van der Waals surface area contributed by atoms with Crippen molar-refractivity contribution in [2.24, 2.45) is 4.99 Å². The molecule has 1 aromatic rings. The number of halogens is 2. The van der Waals surface area contributed by atoms with Crippen molar-refractivity contribution in [2.75, 3.05) is 0 Å². The molecule has 0 atom stereocenters. The van der Waals surface area contributed by atoms with Crippen LogP contribution in [0.1, 0.15) is 10.4 Å². The number of hydrogen-bond acceptors (Lipinski definition) is 2. The Morgan fingerprint density at radius 1 is 1.54 bits per heavy atom. The van der Waals surface area contributed by atoms with Crippen molar-refractivity contribution in [3.63, 3.8) is 0 Å². The number of nitrogens with zero attached hydrogens (tertiary/aromatic N) is 1. The van der Waals surface area contributed by atoms with E-state index in [2.05, 4.69) is 4.99 Å². The monoisotopic (exact) mass is 307 g/mol. The molecule has 0 aliphatic carbocycles. The number of carbonyl (C=O) groups is 1. The van der Waals surface area contributed by atoms with Gasteiger partial charge in [-0.2, -0.15) is 0 Å². The number of aliphatic imine (C=N–C) groups is 1. The van der Waals surface area contributed by atoms with E-state index in [4.69, 9.17) is 11.6 Å². The summed E-state index contributed by atoms with van der Waals surface area (Å²) in [5, 5.41) is 0.465. The molecule has 0 aromatic heterocycles. The van der Waals surface area contributed by atoms with Gasteiger partial charge in [-0.15, -0.1) is 4.99 Å². The maximum Gasteiger partial charge on any atom is 0.287 e. The lowest BCUT2D eigenvalue weighted by Crippen LogP contribution is -1.94. The first-order valence-electron chi connectivity index (χ1n) is 3.22. The number of carbonyl (C=O) groups excluding carboxylic acids is 2. The average Bonchev–Trinajstić information content (AvgIpc) is 2.10. The fourth-order valence-electron chi connectivity index (χ4n) is 0.735. The molecule has 0 heterocycles. The lowest BCUT2D eigenvalue weighted by molar-refractivity contribution is 0.100. The van der Waals surface area contributed by atoms with E-state index >= 15 is 0 Å². The summed E-state index contributed by atoms with van der Waals surface area (Å²) in [6.07, 6.45) is 1.18. The van der Waals surface area contributed by atoms with Gasteiger partial charge >= 0.3 is 0 Å². The van der Waals surface area contributed by atoms with Crippen molar-refractivity contribution in [3.05, 3.63) is 32.4 Å². The Labute approximate surface area is 92.9 Å². The van der Waals surface area contributed by atoms with Crippen molar-refractivity contribution in [1.82, 2.24) is 0 Å². The highest BCUT2D eigenvalue weighted by Gasteiger charge is 2.05. The quantitative estimate of drug-likeness (QED) is 0.454. The zero-order valence-electron chi connectivity index (χ0n) is 6.25. The smallest absolute Gasteiger partial charge is 0.266 e. The van der Waals surface area contributed by atoms with E-state index in [1.807, 2.05) is 22.6 Å². The third kappa shape index (κ3) is 2.62. The molecule has 13 heavy (non-hydrogen) atoms. The second kappa shape index (κ2) is 4.50. The predicted molar refractivity (Wildman–Crippen MR) is 56.6 cm³/mol. The van der Waals surface area contributed by atoms with E-state index in [0.29, 0.717) is 5.02 Å². The van der Waals surface area contributed by atoms with Gasteiger partial charge in [0.15, 0.2) is 0 Å². The van der Waals surface area contributed by atoms with Crippen LogP contribution < -0.4 is 0 Å². The van der Waals surface area contributed by atoms with Crippen LogP contribution in [0.4, 0.5) is 0 Å². The fraction of sp³-hybridized carbons (Fsp3) is 0. The second-order valence-electron chi connectivity index (χ2n) is 2.14. The van der Waals surface area contributed by atoms with Crippen LogP contribution in [0.3, 0.4) is 0 Å². The highest BCUT2D eigenvalue weighted by atomic mass is 127. The predicted octanol–water partition coefficient (Wildman–Crippen LogP) is 2.42. The normalized spacial score (nSPS) is 9.08. The molecular weight excluding hydrogens is 304 g/mol. The molecule has 0 saturated heterocycles. The first-order chi connectivity index (χ1) is 6.15. The van der Waals surface area contributed by atoms with Crippen LogP contribution in [-0.2, 0) is 4.79 Å². The Morgan fingerprint density at radius 2 is 2.23 bits per heavy atom. The Bertz CT molecular complexity index is 399. The Hall–Kier alpha value is -0.710. The van der Waals surface area contributed by atoms with Gasteiger partial charge in [0.25, 0.3) is 5.91 Å². The summed E-state index contributed by atoms with van der Waals surface area (Å²) in [6.45, 7) is 0. The third-order valence-electron chi connectivity index (χ3n) is 1.31. The van der Waals surface area contributed by atoms with Gasteiger partial charge in [-0.1, -0.05) is 11.6 Å². The minimum Gasteiger partial charge on any atom is -0.266 e. The molecule has 66 valence electrons. The lowest BCUT2D eigenvalue weighted by atomic mass is 10.2. The summed E-state index contributed by atoms with van der Waals surface area (Å²) < 4.78 is 0.839. The molecule has 0 radical (unpaired) electrons. The first-order valence-corrected chi connectivity index (χ1v) is 4.68. The summed E-state index contributed by atoms with van der Waals surface area (Å²) in [6, 6.07) is 4.69. The molecule has 1 amide bonds. The standard InChI is InChI=1S/C8H3ClINO2/c9-6-3-5(1-2-7(6)10)8(13)11-4-12/h1-3H. The molecule has 0 N–H and O–H groups in total. The zero-order chi connectivity index (χ0) is 9.84. The van der Waals surface area contributed by atoms with E-state index in [9.17, 15) is 9.59 Å². The summed E-state index contributed by atoms with van der Waals surface area (Å²) in [5.41, 5.74) is 0.286. The SMILES string of the molecule is O=C=NC(=O)c1ccc(I)c(Cl)c1. The number of benzene rings is 1. The van der Waals surface area contributed by atoms with Gasteiger partial charge in [-0.05, 0) is 40.8 Å². The molecule has 0 aliphatic rings. The van der Waals surface area contributed by atoms with Crippen molar-refractivity contribution in [3.8, 4) is 0 Å². The van der Waals surface area contributed by atoms with Gasteiger partial charge in [0.1, 0.15) is 0 Å². The van der Waals surface area contributed by atoms with E-state index < -0.39 is 5.91 Å². The summed E-state index contributed by atoms with van der Waals surface area (Å²) in [5.74, 6) is -0.631. The van der Waals surface area contributed by atoms with Crippen LogP contribution in [0.2, 0.25) is 5.02 Å². The lowest BCUT2D eigenvalue weighted by Gasteiger charge is -1.96. The molecule has 3 nitrogen and oxygen atoms in total. The summed E-state index contributed by atoms with van der Waals surface area (Å²) in [7, 11) is 0. The van der Waals surface area contributed by atoms with Crippen molar-refractivity contribution < 1.29 is 9.59 Å². The van der Waals surface area contributed by atoms with E-state index in [1.54, 1.807) is 12.1 Å². The average molecular weight is 307 g/mol. The van der Waals surface area contributed by atoms with Gasteiger partial charge in [-0.3, -0.25) is 4.79 Å². The molecule has 0 unspecified atom stereocenters. The van der Waals surface area contributed by atoms with E-state index in [0.717, 1.165) is 3.57 Å². The van der Waals surface area contributed by atoms with Crippen LogP contribution in [0.5, 0.6) is 0 Å². The zero-order valence-corrected chi connectivity index (χ0v) is 9.17. The van der Waals surface area contributed by atoms with Gasteiger partial charge in [-0.25, -0.2) is 4.79 Å². The van der Waals surface area contributed by atoms with Crippen LogP contribution in [-0.4, -0.2) is 12.0 Å². The third-order valence-corrected chi connectivity index (χ3v) is 2.89. The largest absolute Gasteiger partial charge is 0.287 e. The topological polar surface area (TPSA) is 46.5 Å². The maximum atomic E-state index is 11.0. The molecule has 1 rings (SSSR count). The number of rotatable bonds is 1. The highest BCUT2D eigenvalue weighted by molar-refractivity contribution is 14.1. The molecule has 5 heteroatoms.